The van der Waals surface area contributed by atoms with E-state index in [-0.39, 0.29) is 0 Å². The first-order chi connectivity index (χ1) is 10.3. The van der Waals surface area contributed by atoms with Crippen LogP contribution in [0.5, 0.6) is 5.75 Å². The maximum absolute atomic E-state index is 5.88. The highest BCUT2D eigenvalue weighted by Gasteiger charge is 2.30. The summed E-state index contributed by atoms with van der Waals surface area (Å²) in [5, 5.41) is 4.13. The Labute approximate surface area is 124 Å². The van der Waals surface area contributed by atoms with Gasteiger partial charge < -0.3 is 15.0 Å². The summed E-state index contributed by atoms with van der Waals surface area (Å²) < 4.78 is 10.9. The Hall–Kier alpha value is -1.88. The summed E-state index contributed by atoms with van der Waals surface area (Å²) in [6.45, 7) is 0.678. The van der Waals surface area contributed by atoms with Gasteiger partial charge in [-0.3, -0.25) is 0 Å². The summed E-state index contributed by atoms with van der Waals surface area (Å²) in [4.78, 5) is 4.60. The zero-order valence-corrected chi connectivity index (χ0v) is 12.3. The lowest BCUT2D eigenvalue weighted by atomic mass is 9.79. The Morgan fingerprint density at radius 1 is 1.29 bits per heavy atom. The second-order valence-corrected chi connectivity index (χ2v) is 5.54. The molecule has 1 aliphatic carbocycles. The standard InChI is InChI=1S/C16H21N3O2/c1-20-14-9-5-4-8-13(14)15-18-16(21-19-15)12-7-3-2-6-11(12)10-17/h4-5,8-9,11-12H,2-3,6-7,10,17H2,1H3. The van der Waals surface area contributed by atoms with E-state index in [4.69, 9.17) is 15.0 Å². The van der Waals surface area contributed by atoms with Gasteiger partial charge in [0.25, 0.3) is 0 Å². The molecule has 0 aliphatic heterocycles. The molecule has 1 aromatic carbocycles. The van der Waals surface area contributed by atoms with Gasteiger partial charge in [-0.15, -0.1) is 0 Å². The summed E-state index contributed by atoms with van der Waals surface area (Å²) in [7, 11) is 1.64. The van der Waals surface area contributed by atoms with E-state index in [0.29, 0.717) is 30.1 Å². The maximum Gasteiger partial charge on any atom is 0.230 e. The van der Waals surface area contributed by atoms with Crippen LogP contribution in [0.4, 0.5) is 0 Å². The molecule has 0 bridgehead atoms. The van der Waals surface area contributed by atoms with Gasteiger partial charge >= 0.3 is 0 Å². The first kappa shape index (κ1) is 14.1. The van der Waals surface area contributed by atoms with E-state index in [1.165, 1.54) is 12.8 Å². The fourth-order valence-corrected chi connectivity index (χ4v) is 3.14. The van der Waals surface area contributed by atoms with Crippen LogP contribution in [-0.2, 0) is 0 Å². The quantitative estimate of drug-likeness (QED) is 0.935. The number of benzene rings is 1. The molecule has 0 saturated heterocycles. The SMILES string of the molecule is COc1ccccc1-c1noc(C2CCCCC2CN)n1. The third-order valence-electron chi connectivity index (χ3n) is 4.32. The number of rotatable bonds is 4. The second-order valence-electron chi connectivity index (χ2n) is 5.54. The summed E-state index contributed by atoms with van der Waals surface area (Å²) in [6, 6.07) is 7.70. The zero-order valence-electron chi connectivity index (χ0n) is 12.3. The minimum atomic E-state index is 0.291. The third kappa shape index (κ3) is 2.78. The van der Waals surface area contributed by atoms with Crippen molar-refractivity contribution in [3.8, 4) is 17.1 Å². The average molecular weight is 287 g/mol. The number of ether oxygens (including phenoxy) is 1. The van der Waals surface area contributed by atoms with Crippen LogP contribution < -0.4 is 10.5 Å². The molecule has 21 heavy (non-hydrogen) atoms. The van der Waals surface area contributed by atoms with E-state index in [1.807, 2.05) is 24.3 Å². The molecule has 2 aromatic rings. The summed E-state index contributed by atoms with van der Waals surface area (Å²) >= 11 is 0. The number of methoxy groups -OCH3 is 1. The van der Waals surface area contributed by atoms with E-state index >= 15 is 0 Å². The van der Waals surface area contributed by atoms with Crippen LogP contribution in [0, 0.1) is 5.92 Å². The fourth-order valence-electron chi connectivity index (χ4n) is 3.14. The number of nitrogens with zero attached hydrogens (tertiary/aromatic N) is 2. The Kier molecular flexibility index (Phi) is 4.20. The van der Waals surface area contributed by atoms with Crippen molar-refractivity contribution < 1.29 is 9.26 Å². The van der Waals surface area contributed by atoms with E-state index in [0.717, 1.165) is 24.2 Å². The van der Waals surface area contributed by atoms with Crippen molar-refractivity contribution in [2.24, 2.45) is 11.7 Å². The van der Waals surface area contributed by atoms with Crippen molar-refractivity contribution in [1.82, 2.24) is 10.1 Å². The molecule has 0 spiro atoms. The fraction of sp³-hybridized carbons (Fsp3) is 0.500. The van der Waals surface area contributed by atoms with E-state index in [9.17, 15) is 0 Å². The maximum atomic E-state index is 5.88. The molecule has 2 N–H and O–H groups in total. The first-order valence-corrected chi connectivity index (χ1v) is 7.50. The number of para-hydroxylation sites is 1. The minimum Gasteiger partial charge on any atom is -0.496 e. The molecule has 1 heterocycles. The van der Waals surface area contributed by atoms with Gasteiger partial charge in [0.05, 0.1) is 12.7 Å². The molecule has 1 fully saturated rings. The van der Waals surface area contributed by atoms with Gasteiger partial charge in [-0.1, -0.05) is 30.1 Å². The van der Waals surface area contributed by atoms with Crippen LogP contribution in [-0.4, -0.2) is 23.8 Å². The monoisotopic (exact) mass is 287 g/mol. The number of hydrogen-bond donors (Lipinski definition) is 1. The van der Waals surface area contributed by atoms with Gasteiger partial charge in [0.15, 0.2) is 0 Å². The molecule has 0 radical (unpaired) electrons. The predicted molar refractivity (Wildman–Crippen MR) is 80.0 cm³/mol. The molecule has 1 aliphatic rings. The van der Waals surface area contributed by atoms with Crippen LogP contribution in [0.15, 0.2) is 28.8 Å². The molecule has 0 amide bonds. The first-order valence-electron chi connectivity index (χ1n) is 7.50. The molecule has 5 nitrogen and oxygen atoms in total. The molecule has 1 saturated carbocycles. The normalized spacial score (nSPS) is 22.2. The lowest BCUT2D eigenvalue weighted by molar-refractivity contribution is 0.249. The molecular formula is C16H21N3O2. The van der Waals surface area contributed by atoms with Crippen LogP contribution in [0.1, 0.15) is 37.5 Å². The summed E-state index contributed by atoms with van der Waals surface area (Å²) in [6.07, 6.45) is 4.67. The molecule has 3 rings (SSSR count). The van der Waals surface area contributed by atoms with Crippen LogP contribution in [0.2, 0.25) is 0 Å². The number of hydrogen-bond acceptors (Lipinski definition) is 5. The molecule has 1 aromatic heterocycles. The van der Waals surface area contributed by atoms with Crippen molar-refractivity contribution in [3.63, 3.8) is 0 Å². The van der Waals surface area contributed by atoms with Crippen molar-refractivity contribution in [3.05, 3.63) is 30.2 Å². The van der Waals surface area contributed by atoms with Gasteiger partial charge in [0, 0.05) is 5.92 Å². The lowest BCUT2D eigenvalue weighted by Crippen LogP contribution is -2.25. The Bertz CT molecular complexity index is 597. The number of nitrogens with two attached hydrogens (primary N) is 1. The topological polar surface area (TPSA) is 74.2 Å². The highest BCUT2D eigenvalue weighted by molar-refractivity contribution is 5.63. The molecule has 5 heteroatoms. The van der Waals surface area contributed by atoms with E-state index in [1.54, 1.807) is 7.11 Å². The van der Waals surface area contributed by atoms with Gasteiger partial charge in [0.2, 0.25) is 11.7 Å². The van der Waals surface area contributed by atoms with Crippen LogP contribution >= 0.6 is 0 Å². The van der Waals surface area contributed by atoms with E-state index < -0.39 is 0 Å². The smallest absolute Gasteiger partial charge is 0.230 e. The van der Waals surface area contributed by atoms with Gasteiger partial charge in [-0.2, -0.15) is 4.98 Å². The largest absolute Gasteiger partial charge is 0.496 e. The second kappa shape index (κ2) is 6.26. The van der Waals surface area contributed by atoms with Crippen molar-refractivity contribution in [2.75, 3.05) is 13.7 Å². The van der Waals surface area contributed by atoms with E-state index in [2.05, 4.69) is 10.1 Å². The lowest BCUT2D eigenvalue weighted by Gasteiger charge is -2.27. The predicted octanol–water partition coefficient (Wildman–Crippen LogP) is 2.98. The number of aromatic nitrogens is 2. The van der Waals surface area contributed by atoms with Gasteiger partial charge in [-0.25, -0.2) is 0 Å². The summed E-state index contributed by atoms with van der Waals surface area (Å²) in [5.41, 5.74) is 6.74. The summed E-state index contributed by atoms with van der Waals surface area (Å²) in [5.74, 6) is 2.79. The van der Waals surface area contributed by atoms with Crippen molar-refractivity contribution in [1.29, 1.82) is 0 Å². The van der Waals surface area contributed by atoms with Gasteiger partial charge in [-0.05, 0) is 37.4 Å². The van der Waals surface area contributed by atoms with Crippen LogP contribution in [0.3, 0.4) is 0 Å². The van der Waals surface area contributed by atoms with Gasteiger partial charge in [0.1, 0.15) is 5.75 Å². The Morgan fingerprint density at radius 3 is 2.90 bits per heavy atom. The van der Waals surface area contributed by atoms with Crippen molar-refractivity contribution >= 4 is 0 Å². The molecule has 2 atom stereocenters. The van der Waals surface area contributed by atoms with Crippen LogP contribution in [0.25, 0.3) is 11.4 Å². The third-order valence-corrected chi connectivity index (χ3v) is 4.32. The Morgan fingerprint density at radius 2 is 2.10 bits per heavy atom. The van der Waals surface area contributed by atoms with Crippen molar-refractivity contribution in [2.45, 2.75) is 31.6 Å². The highest BCUT2D eigenvalue weighted by Crippen LogP contribution is 2.37. The average Bonchev–Trinajstić information content (AvgIpc) is 3.04. The molecule has 112 valence electrons. The highest BCUT2D eigenvalue weighted by atomic mass is 16.5. The molecule has 2 unspecified atom stereocenters. The zero-order chi connectivity index (χ0) is 14.7. The minimum absolute atomic E-state index is 0.291. The molecular weight excluding hydrogens is 266 g/mol. The Balaban J connectivity index is 1.89.